The lowest BCUT2D eigenvalue weighted by molar-refractivity contribution is -0.389. The number of carbonyl (C=O) groups is 1. The summed E-state index contributed by atoms with van der Waals surface area (Å²) >= 11 is 1.50. The van der Waals surface area contributed by atoms with E-state index in [0.29, 0.717) is 43.2 Å². The summed E-state index contributed by atoms with van der Waals surface area (Å²) < 4.78 is 1.49. The van der Waals surface area contributed by atoms with Gasteiger partial charge in [-0.1, -0.05) is 6.07 Å². The zero-order chi connectivity index (χ0) is 18.1. The predicted octanol–water partition coefficient (Wildman–Crippen LogP) is 2.66. The summed E-state index contributed by atoms with van der Waals surface area (Å²) in [6.07, 6.45) is 2.38. The highest BCUT2D eigenvalue weighted by atomic mass is 32.1. The molecule has 4 heterocycles. The first-order valence-electron chi connectivity index (χ1n) is 8.33. The number of hydrogen-bond acceptors (Lipinski definition) is 6. The van der Waals surface area contributed by atoms with Gasteiger partial charge in [0.1, 0.15) is 0 Å². The van der Waals surface area contributed by atoms with Gasteiger partial charge in [0, 0.05) is 37.6 Å². The average Bonchev–Trinajstić information content (AvgIpc) is 3.23. The van der Waals surface area contributed by atoms with E-state index in [0.717, 1.165) is 6.42 Å². The Kier molecular flexibility index (Phi) is 4.29. The maximum Gasteiger partial charge on any atom is 0.372 e. The van der Waals surface area contributed by atoms with Gasteiger partial charge in [0.05, 0.1) is 11.8 Å². The molecule has 1 amide bonds. The molecule has 0 bridgehead atoms. The smallest absolute Gasteiger partial charge is 0.358 e. The first-order chi connectivity index (χ1) is 12.6. The Labute approximate surface area is 153 Å². The molecule has 0 atom stereocenters. The lowest BCUT2D eigenvalue weighted by Gasteiger charge is -2.21. The molecule has 1 aliphatic heterocycles. The third-order valence-corrected chi connectivity index (χ3v) is 5.19. The molecule has 0 unspecified atom stereocenters. The van der Waals surface area contributed by atoms with E-state index in [1.807, 2.05) is 26.6 Å². The molecular weight excluding hydrogens is 354 g/mol. The topological polar surface area (TPSA) is 84.0 Å². The molecular formula is C17H17N5O3S. The molecule has 3 aromatic heterocycles. The number of thiophene rings is 1. The Balaban J connectivity index is 1.60. The first-order valence-corrected chi connectivity index (χ1v) is 9.27. The van der Waals surface area contributed by atoms with Crippen LogP contribution in [-0.2, 0) is 0 Å². The monoisotopic (exact) mass is 371 g/mol. The predicted molar refractivity (Wildman–Crippen MR) is 98.9 cm³/mol. The van der Waals surface area contributed by atoms with Gasteiger partial charge in [0.15, 0.2) is 0 Å². The standard InChI is InChI=1S/C17H17N5O3S/c23-17(13-5-11-26-12-13)20-7-3-6-19(9-10-20)15-16(22(24)25)21-8-2-1-4-14(21)18-15/h1-2,4-5,8,11-12H,3,6-7,9-10H2. The van der Waals surface area contributed by atoms with Crippen molar-refractivity contribution in [2.24, 2.45) is 0 Å². The van der Waals surface area contributed by atoms with Crippen LogP contribution in [0.25, 0.3) is 5.65 Å². The van der Waals surface area contributed by atoms with Gasteiger partial charge >= 0.3 is 5.82 Å². The lowest BCUT2D eigenvalue weighted by atomic mass is 10.3. The largest absolute Gasteiger partial charge is 0.372 e. The van der Waals surface area contributed by atoms with Crippen molar-refractivity contribution in [2.45, 2.75) is 6.42 Å². The molecule has 0 radical (unpaired) electrons. The Morgan fingerprint density at radius 2 is 2.08 bits per heavy atom. The molecule has 4 rings (SSSR count). The highest BCUT2D eigenvalue weighted by molar-refractivity contribution is 7.08. The molecule has 3 aromatic rings. The maximum absolute atomic E-state index is 12.6. The molecule has 0 N–H and O–H groups in total. The molecule has 0 spiro atoms. The van der Waals surface area contributed by atoms with Crippen LogP contribution < -0.4 is 4.90 Å². The van der Waals surface area contributed by atoms with Crippen molar-refractivity contribution in [3.63, 3.8) is 0 Å². The highest BCUT2D eigenvalue weighted by Gasteiger charge is 2.29. The van der Waals surface area contributed by atoms with E-state index in [1.165, 1.54) is 15.7 Å². The number of rotatable bonds is 3. The van der Waals surface area contributed by atoms with E-state index in [-0.39, 0.29) is 11.7 Å². The van der Waals surface area contributed by atoms with Gasteiger partial charge in [-0.2, -0.15) is 20.7 Å². The summed E-state index contributed by atoms with van der Waals surface area (Å²) in [5, 5.41) is 15.3. The normalized spacial score (nSPS) is 15.2. The number of anilines is 1. The number of fused-ring (bicyclic) bond motifs is 1. The van der Waals surface area contributed by atoms with Gasteiger partial charge in [0.2, 0.25) is 11.5 Å². The summed E-state index contributed by atoms with van der Waals surface area (Å²) in [7, 11) is 0. The number of nitro groups is 1. The van der Waals surface area contributed by atoms with E-state index in [9.17, 15) is 14.9 Å². The second-order valence-electron chi connectivity index (χ2n) is 6.09. The molecule has 1 saturated heterocycles. The third kappa shape index (κ3) is 2.90. The fraction of sp³-hybridized carbons (Fsp3) is 0.294. The Morgan fingerprint density at radius 3 is 2.85 bits per heavy atom. The Bertz CT molecular complexity index is 953. The lowest BCUT2D eigenvalue weighted by Crippen LogP contribution is -2.35. The summed E-state index contributed by atoms with van der Waals surface area (Å²) in [5.41, 5.74) is 1.24. The van der Waals surface area contributed by atoms with Crippen molar-refractivity contribution < 1.29 is 9.72 Å². The molecule has 1 aliphatic rings. The van der Waals surface area contributed by atoms with Crippen LogP contribution in [0.2, 0.25) is 0 Å². The van der Waals surface area contributed by atoms with Crippen molar-refractivity contribution in [1.29, 1.82) is 0 Å². The number of hydrogen-bond donors (Lipinski definition) is 0. The second-order valence-corrected chi connectivity index (χ2v) is 6.87. The molecule has 26 heavy (non-hydrogen) atoms. The molecule has 134 valence electrons. The number of carbonyl (C=O) groups excluding carboxylic acids is 1. The molecule has 9 heteroatoms. The average molecular weight is 371 g/mol. The van der Waals surface area contributed by atoms with Gasteiger partial charge < -0.3 is 19.9 Å². The summed E-state index contributed by atoms with van der Waals surface area (Å²) in [6.45, 7) is 2.28. The van der Waals surface area contributed by atoms with Gasteiger partial charge in [-0.05, 0) is 28.9 Å². The van der Waals surface area contributed by atoms with Crippen LogP contribution in [0, 0.1) is 10.1 Å². The molecule has 0 aliphatic carbocycles. The Morgan fingerprint density at radius 1 is 1.19 bits per heavy atom. The van der Waals surface area contributed by atoms with Crippen LogP contribution >= 0.6 is 11.3 Å². The van der Waals surface area contributed by atoms with Gasteiger partial charge in [0.25, 0.3) is 5.91 Å². The van der Waals surface area contributed by atoms with E-state index < -0.39 is 4.92 Å². The number of amides is 1. The van der Waals surface area contributed by atoms with E-state index in [2.05, 4.69) is 4.98 Å². The number of imidazole rings is 1. The minimum absolute atomic E-state index is 0.0117. The number of aromatic nitrogens is 2. The van der Waals surface area contributed by atoms with Crippen molar-refractivity contribution in [2.75, 3.05) is 31.1 Å². The fourth-order valence-corrected chi connectivity index (χ4v) is 3.88. The SMILES string of the molecule is O=C(c1ccsc1)N1CCCN(c2nc3ccccn3c2[N+](=O)[O-])CC1. The van der Waals surface area contributed by atoms with Crippen molar-refractivity contribution in [3.8, 4) is 0 Å². The van der Waals surface area contributed by atoms with Crippen molar-refractivity contribution >= 4 is 34.5 Å². The van der Waals surface area contributed by atoms with Gasteiger partial charge in [-0.15, -0.1) is 0 Å². The first kappa shape index (κ1) is 16.5. The summed E-state index contributed by atoms with van der Waals surface area (Å²) in [4.78, 5) is 32.0. The summed E-state index contributed by atoms with van der Waals surface area (Å²) in [6, 6.07) is 7.12. The van der Waals surface area contributed by atoms with Crippen molar-refractivity contribution in [1.82, 2.24) is 14.3 Å². The third-order valence-electron chi connectivity index (χ3n) is 4.51. The van der Waals surface area contributed by atoms with Crippen LogP contribution in [0.15, 0.2) is 41.2 Å². The van der Waals surface area contributed by atoms with E-state index >= 15 is 0 Å². The zero-order valence-corrected chi connectivity index (χ0v) is 14.8. The highest BCUT2D eigenvalue weighted by Crippen LogP contribution is 2.29. The van der Waals surface area contributed by atoms with Crippen LogP contribution in [0.4, 0.5) is 11.6 Å². The summed E-state index contributed by atoms with van der Waals surface area (Å²) in [5.74, 6) is 0.349. The Hall–Kier alpha value is -2.94. The van der Waals surface area contributed by atoms with Crippen LogP contribution in [0.5, 0.6) is 0 Å². The second kappa shape index (κ2) is 6.75. The van der Waals surface area contributed by atoms with Gasteiger partial charge in [-0.25, -0.2) is 0 Å². The molecule has 1 fully saturated rings. The van der Waals surface area contributed by atoms with Crippen LogP contribution in [0.3, 0.4) is 0 Å². The maximum atomic E-state index is 12.6. The minimum Gasteiger partial charge on any atom is -0.358 e. The quantitative estimate of drug-likeness (QED) is 0.522. The van der Waals surface area contributed by atoms with Crippen molar-refractivity contribution in [3.05, 3.63) is 56.9 Å². The number of pyridine rings is 1. The fourth-order valence-electron chi connectivity index (χ4n) is 3.25. The van der Waals surface area contributed by atoms with Gasteiger partial charge in [-0.3, -0.25) is 4.79 Å². The van der Waals surface area contributed by atoms with Crippen LogP contribution in [0.1, 0.15) is 16.8 Å². The minimum atomic E-state index is -0.394. The molecule has 0 aromatic carbocycles. The molecule has 8 nitrogen and oxygen atoms in total. The molecule has 0 saturated carbocycles. The zero-order valence-electron chi connectivity index (χ0n) is 13.9. The van der Waals surface area contributed by atoms with E-state index in [1.54, 1.807) is 24.4 Å². The van der Waals surface area contributed by atoms with Crippen LogP contribution in [-0.4, -0.2) is 51.3 Å². The van der Waals surface area contributed by atoms with E-state index in [4.69, 9.17) is 0 Å². The number of nitrogens with zero attached hydrogens (tertiary/aromatic N) is 5.